The van der Waals surface area contributed by atoms with Crippen LogP contribution < -0.4 is 5.32 Å². The standard InChI is InChI=1S/C20H26FN3O5/c1-20(2,3)29-19(28)23-16(18(26)27)12-8-13-4-5-14(9-12)24(13)17(25)11-6-7-22-15(21)10-11/h6-7,10,12-14,16H,4-5,8-9H2,1-3H3,(H,23,28)(H,26,27)/t12?,13?,14?,16-/m1/s1. The zero-order chi connectivity index (χ0) is 21.3. The third kappa shape index (κ3) is 4.83. The molecule has 0 aromatic carbocycles. The van der Waals surface area contributed by atoms with Gasteiger partial charge in [-0.3, -0.25) is 4.79 Å². The van der Waals surface area contributed by atoms with Gasteiger partial charge in [-0.1, -0.05) is 0 Å². The Morgan fingerprint density at radius 3 is 2.41 bits per heavy atom. The number of rotatable bonds is 4. The number of alkyl carbamates (subject to hydrolysis) is 1. The van der Waals surface area contributed by atoms with Crippen molar-refractivity contribution < 1.29 is 28.6 Å². The first-order valence-electron chi connectivity index (χ1n) is 9.71. The van der Waals surface area contributed by atoms with Crippen molar-refractivity contribution >= 4 is 18.0 Å². The van der Waals surface area contributed by atoms with Crippen LogP contribution in [0.3, 0.4) is 0 Å². The van der Waals surface area contributed by atoms with Gasteiger partial charge in [-0.25, -0.2) is 14.6 Å². The van der Waals surface area contributed by atoms with Crippen molar-refractivity contribution in [3.8, 4) is 0 Å². The molecule has 0 radical (unpaired) electrons. The third-order valence-electron chi connectivity index (χ3n) is 5.39. The zero-order valence-electron chi connectivity index (χ0n) is 16.7. The van der Waals surface area contributed by atoms with Gasteiger partial charge in [-0.15, -0.1) is 0 Å². The Balaban J connectivity index is 1.71. The summed E-state index contributed by atoms with van der Waals surface area (Å²) in [5.41, 5.74) is -0.503. The molecule has 0 saturated carbocycles. The molecule has 3 rings (SSSR count). The molecule has 9 heteroatoms. The zero-order valence-corrected chi connectivity index (χ0v) is 16.7. The number of ether oxygens (including phenoxy) is 1. The molecule has 2 aliphatic heterocycles. The number of aliphatic carboxylic acids is 1. The first-order chi connectivity index (χ1) is 13.5. The van der Waals surface area contributed by atoms with Gasteiger partial charge in [0, 0.05) is 29.9 Å². The summed E-state index contributed by atoms with van der Waals surface area (Å²) in [5.74, 6) is -2.44. The fourth-order valence-electron chi connectivity index (χ4n) is 4.32. The van der Waals surface area contributed by atoms with Crippen molar-refractivity contribution in [2.75, 3.05) is 0 Å². The van der Waals surface area contributed by atoms with Gasteiger partial charge in [0.1, 0.15) is 11.6 Å². The first kappa shape index (κ1) is 21.0. The smallest absolute Gasteiger partial charge is 0.408 e. The molecule has 0 spiro atoms. The van der Waals surface area contributed by atoms with E-state index in [1.54, 1.807) is 25.7 Å². The molecule has 158 valence electrons. The summed E-state index contributed by atoms with van der Waals surface area (Å²) in [4.78, 5) is 42.0. The SMILES string of the molecule is CC(C)(C)OC(=O)N[C@@H](C(=O)O)C1CC2CCC(C1)N2C(=O)c1ccnc(F)c1. The number of aromatic nitrogens is 1. The maximum Gasteiger partial charge on any atom is 0.408 e. The van der Waals surface area contributed by atoms with Gasteiger partial charge in [-0.2, -0.15) is 4.39 Å². The van der Waals surface area contributed by atoms with Gasteiger partial charge >= 0.3 is 12.1 Å². The number of halogens is 1. The Labute approximate surface area is 168 Å². The van der Waals surface area contributed by atoms with Crippen molar-refractivity contribution in [3.05, 3.63) is 29.8 Å². The molecule has 2 aliphatic rings. The Morgan fingerprint density at radius 1 is 1.28 bits per heavy atom. The molecular weight excluding hydrogens is 381 g/mol. The van der Waals surface area contributed by atoms with Crippen LogP contribution in [0.1, 0.15) is 56.8 Å². The van der Waals surface area contributed by atoms with E-state index in [1.165, 1.54) is 12.3 Å². The van der Waals surface area contributed by atoms with Crippen LogP contribution in [0.4, 0.5) is 9.18 Å². The number of fused-ring (bicyclic) bond motifs is 2. The Morgan fingerprint density at radius 2 is 1.90 bits per heavy atom. The van der Waals surface area contributed by atoms with Gasteiger partial charge in [0.25, 0.3) is 5.91 Å². The van der Waals surface area contributed by atoms with E-state index in [1.807, 2.05) is 0 Å². The highest BCUT2D eigenvalue weighted by Gasteiger charge is 2.47. The molecule has 3 heterocycles. The number of nitrogens with zero attached hydrogens (tertiary/aromatic N) is 2. The minimum Gasteiger partial charge on any atom is -0.480 e. The topological polar surface area (TPSA) is 109 Å². The molecule has 1 aromatic heterocycles. The average Bonchev–Trinajstić information content (AvgIpc) is 2.87. The van der Waals surface area contributed by atoms with Gasteiger partial charge in [0.15, 0.2) is 0 Å². The molecule has 2 unspecified atom stereocenters. The van der Waals surface area contributed by atoms with Gasteiger partial charge in [0.2, 0.25) is 5.95 Å². The molecule has 2 amide bonds. The van der Waals surface area contributed by atoms with Crippen molar-refractivity contribution in [3.63, 3.8) is 0 Å². The van der Waals surface area contributed by atoms with Crippen molar-refractivity contribution in [1.29, 1.82) is 0 Å². The second kappa shape index (κ2) is 7.96. The van der Waals surface area contributed by atoms with Crippen LogP contribution in [0.5, 0.6) is 0 Å². The van der Waals surface area contributed by atoms with E-state index >= 15 is 0 Å². The Hall–Kier alpha value is -2.71. The minimum atomic E-state index is -1.13. The lowest BCUT2D eigenvalue weighted by atomic mass is 9.84. The minimum absolute atomic E-state index is 0.148. The van der Waals surface area contributed by atoms with Crippen LogP contribution in [-0.2, 0) is 9.53 Å². The number of hydrogen-bond donors (Lipinski definition) is 2. The molecule has 2 N–H and O–H groups in total. The number of nitrogens with one attached hydrogen (secondary N) is 1. The van der Waals surface area contributed by atoms with E-state index in [0.717, 1.165) is 18.9 Å². The number of carboxylic acids is 1. The molecule has 3 atom stereocenters. The molecule has 8 nitrogen and oxygen atoms in total. The molecular formula is C20H26FN3O5. The molecule has 2 saturated heterocycles. The number of hydrogen-bond acceptors (Lipinski definition) is 5. The Kier molecular flexibility index (Phi) is 5.77. The number of carboxylic acid groups (broad SMARTS) is 1. The van der Waals surface area contributed by atoms with Crippen LogP contribution in [0.25, 0.3) is 0 Å². The number of carbonyl (C=O) groups is 3. The first-order valence-corrected chi connectivity index (χ1v) is 9.71. The lowest BCUT2D eigenvalue weighted by Crippen LogP contribution is -2.54. The number of pyridine rings is 1. The van der Waals surface area contributed by atoms with Crippen LogP contribution >= 0.6 is 0 Å². The highest BCUT2D eigenvalue weighted by Crippen LogP contribution is 2.41. The fraction of sp³-hybridized carbons (Fsp3) is 0.600. The highest BCUT2D eigenvalue weighted by molar-refractivity contribution is 5.94. The van der Waals surface area contributed by atoms with Crippen LogP contribution in [-0.4, -0.2) is 56.7 Å². The van der Waals surface area contributed by atoms with Gasteiger partial charge in [-0.05, 0) is 58.4 Å². The molecule has 2 bridgehead atoms. The van der Waals surface area contributed by atoms with E-state index in [4.69, 9.17) is 4.74 Å². The van der Waals surface area contributed by atoms with Crippen LogP contribution in [0.15, 0.2) is 18.3 Å². The van der Waals surface area contributed by atoms with Crippen molar-refractivity contribution in [2.24, 2.45) is 5.92 Å². The van der Waals surface area contributed by atoms with Gasteiger partial charge in [0.05, 0.1) is 0 Å². The van der Waals surface area contributed by atoms with E-state index in [-0.39, 0.29) is 29.5 Å². The second-order valence-corrected chi connectivity index (χ2v) is 8.66. The summed E-state index contributed by atoms with van der Waals surface area (Å²) < 4.78 is 18.6. The predicted octanol–water partition coefficient (Wildman–Crippen LogP) is 2.58. The number of amides is 2. The van der Waals surface area contributed by atoms with E-state index in [2.05, 4.69) is 10.3 Å². The lowest BCUT2D eigenvalue weighted by molar-refractivity contribution is -0.141. The van der Waals surface area contributed by atoms with E-state index in [9.17, 15) is 23.9 Å². The molecule has 29 heavy (non-hydrogen) atoms. The van der Waals surface area contributed by atoms with Crippen molar-refractivity contribution in [1.82, 2.24) is 15.2 Å². The van der Waals surface area contributed by atoms with E-state index in [0.29, 0.717) is 12.8 Å². The maximum atomic E-state index is 13.4. The quantitative estimate of drug-likeness (QED) is 0.743. The van der Waals surface area contributed by atoms with Crippen LogP contribution in [0.2, 0.25) is 0 Å². The van der Waals surface area contributed by atoms with Gasteiger partial charge < -0.3 is 20.1 Å². The normalized spacial score (nSPS) is 24.7. The Bertz CT molecular complexity index is 796. The molecule has 1 aromatic rings. The molecule has 2 fully saturated rings. The summed E-state index contributed by atoms with van der Waals surface area (Å²) in [6, 6.07) is 1.19. The summed E-state index contributed by atoms with van der Waals surface area (Å²) in [7, 11) is 0. The summed E-state index contributed by atoms with van der Waals surface area (Å²) in [5, 5.41) is 12.1. The highest BCUT2D eigenvalue weighted by atomic mass is 19.1. The number of carbonyl (C=O) groups excluding carboxylic acids is 2. The third-order valence-corrected chi connectivity index (χ3v) is 5.39. The maximum absolute atomic E-state index is 13.4. The average molecular weight is 407 g/mol. The van der Waals surface area contributed by atoms with E-state index < -0.39 is 29.7 Å². The monoisotopic (exact) mass is 407 g/mol. The predicted molar refractivity (Wildman–Crippen MR) is 101 cm³/mol. The summed E-state index contributed by atoms with van der Waals surface area (Å²) in [6.45, 7) is 5.11. The molecule has 0 aliphatic carbocycles. The lowest BCUT2D eigenvalue weighted by Gasteiger charge is -2.41. The number of piperidine rings is 1. The summed E-state index contributed by atoms with van der Waals surface area (Å²) in [6.07, 6.45) is 2.87. The summed E-state index contributed by atoms with van der Waals surface area (Å²) >= 11 is 0. The van der Waals surface area contributed by atoms with Crippen LogP contribution in [0, 0.1) is 11.9 Å². The van der Waals surface area contributed by atoms with Crippen molar-refractivity contribution in [2.45, 2.75) is 70.2 Å². The second-order valence-electron chi connectivity index (χ2n) is 8.66. The largest absolute Gasteiger partial charge is 0.480 e. The fourth-order valence-corrected chi connectivity index (χ4v) is 4.32.